The van der Waals surface area contributed by atoms with Crippen molar-refractivity contribution in [2.24, 2.45) is 0 Å². The minimum absolute atomic E-state index is 0.0433. The molecule has 0 aromatic carbocycles. The van der Waals surface area contributed by atoms with Crippen LogP contribution in [0.1, 0.15) is 27.2 Å². The van der Waals surface area contributed by atoms with Crippen LogP contribution in [0.5, 0.6) is 0 Å². The van der Waals surface area contributed by atoms with Gasteiger partial charge in [0, 0.05) is 18.2 Å². The Hall–Kier alpha value is -1.35. The number of likely N-dealkylation sites (tertiary alicyclic amines) is 1. The third-order valence-electron chi connectivity index (χ3n) is 3.44. The Morgan fingerprint density at radius 1 is 1.44 bits per heavy atom. The van der Waals surface area contributed by atoms with E-state index in [0.717, 1.165) is 18.7 Å². The van der Waals surface area contributed by atoms with Crippen LogP contribution < -0.4 is 5.32 Å². The smallest absolute Gasteiger partial charge is 0.248 e. The second-order valence-electron chi connectivity index (χ2n) is 4.64. The van der Waals surface area contributed by atoms with Gasteiger partial charge in [-0.25, -0.2) is 0 Å². The fourth-order valence-corrected chi connectivity index (χ4v) is 1.91. The summed E-state index contributed by atoms with van der Waals surface area (Å²) in [4.78, 5) is 14.2. The Labute approximate surface area is 110 Å². The second kappa shape index (κ2) is 7.17. The maximum Gasteiger partial charge on any atom is 0.248 e. The van der Waals surface area contributed by atoms with Crippen molar-refractivity contribution in [3.8, 4) is 0 Å². The minimum Gasteiger partial charge on any atom is -0.348 e. The molecule has 1 atom stereocenters. The maximum absolute atomic E-state index is 12.0. The molecule has 1 unspecified atom stereocenters. The molecule has 0 radical (unpaired) electrons. The summed E-state index contributed by atoms with van der Waals surface area (Å²) >= 11 is 0. The van der Waals surface area contributed by atoms with Gasteiger partial charge >= 0.3 is 0 Å². The molecule has 1 amide bonds. The Morgan fingerprint density at radius 2 is 2.11 bits per heavy atom. The molecule has 1 aliphatic rings. The number of carbonyl (C=O) groups excluding carboxylic acids is 1. The normalized spacial score (nSPS) is 18.5. The van der Waals surface area contributed by atoms with E-state index in [4.69, 9.17) is 0 Å². The van der Waals surface area contributed by atoms with Crippen LogP contribution in [0.15, 0.2) is 36.0 Å². The maximum atomic E-state index is 12.0. The van der Waals surface area contributed by atoms with Gasteiger partial charge in [0.2, 0.25) is 5.91 Å². The number of hydrogen-bond acceptors (Lipinski definition) is 2. The number of carbonyl (C=O) groups is 1. The predicted molar refractivity (Wildman–Crippen MR) is 76.4 cm³/mol. The van der Waals surface area contributed by atoms with Crippen LogP contribution in [-0.4, -0.2) is 36.5 Å². The van der Waals surface area contributed by atoms with Crippen LogP contribution >= 0.6 is 0 Å². The lowest BCUT2D eigenvalue weighted by Crippen LogP contribution is -2.47. The molecular formula is C15H24N2O. The first-order valence-electron chi connectivity index (χ1n) is 6.59. The number of hydrogen-bond donors (Lipinski definition) is 1. The quantitative estimate of drug-likeness (QED) is 0.578. The minimum atomic E-state index is -0.0433. The van der Waals surface area contributed by atoms with Gasteiger partial charge in [0.15, 0.2) is 0 Å². The van der Waals surface area contributed by atoms with E-state index in [2.05, 4.69) is 16.8 Å². The summed E-state index contributed by atoms with van der Waals surface area (Å²) < 4.78 is 0. The lowest BCUT2D eigenvalue weighted by Gasteiger charge is -2.36. The molecule has 100 valence electrons. The van der Waals surface area contributed by atoms with E-state index >= 15 is 0 Å². The summed E-state index contributed by atoms with van der Waals surface area (Å²) in [5.74, 6) is -0.0433. The van der Waals surface area contributed by atoms with Crippen LogP contribution in [0.4, 0.5) is 0 Å². The molecule has 0 aromatic heterocycles. The highest BCUT2D eigenvalue weighted by Crippen LogP contribution is 2.16. The fourth-order valence-electron chi connectivity index (χ4n) is 1.91. The first-order chi connectivity index (χ1) is 8.60. The molecule has 18 heavy (non-hydrogen) atoms. The van der Waals surface area contributed by atoms with Crippen molar-refractivity contribution in [3.05, 3.63) is 36.0 Å². The highest BCUT2D eigenvalue weighted by molar-refractivity contribution is 5.94. The van der Waals surface area contributed by atoms with E-state index in [-0.39, 0.29) is 11.9 Å². The van der Waals surface area contributed by atoms with Crippen molar-refractivity contribution in [1.82, 2.24) is 10.2 Å². The molecule has 0 aliphatic carbocycles. The predicted octanol–water partition coefficient (Wildman–Crippen LogP) is 2.28. The number of allylic oxidation sites excluding steroid dienone is 2. The Balaban J connectivity index is 2.42. The first-order valence-corrected chi connectivity index (χ1v) is 6.59. The third kappa shape index (κ3) is 3.84. The van der Waals surface area contributed by atoms with Gasteiger partial charge in [-0.2, -0.15) is 0 Å². The molecule has 1 fully saturated rings. The van der Waals surface area contributed by atoms with Gasteiger partial charge in [-0.05, 0) is 45.9 Å². The van der Waals surface area contributed by atoms with Crippen LogP contribution in [0.2, 0.25) is 0 Å². The van der Waals surface area contributed by atoms with Crippen molar-refractivity contribution >= 4 is 5.91 Å². The zero-order valence-corrected chi connectivity index (χ0v) is 11.7. The van der Waals surface area contributed by atoms with E-state index in [0.29, 0.717) is 12.1 Å². The van der Waals surface area contributed by atoms with Gasteiger partial charge in [-0.15, -0.1) is 0 Å². The van der Waals surface area contributed by atoms with E-state index in [1.54, 1.807) is 0 Å². The molecular weight excluding hydrogens is 224 g/mol. The zero-order valence-electron chi connectivity index (χ0n) is 11.7. The number of rotatable bonds is 6. The molecule has 0 spiro atoms. The molecule has 0 saturated carbocycles. The topological polar surface area (TPSA) is 32.3 Å². The fraction of sp³-hybridized carbons (Fsp3) is 0.533. The molecule has 1 heterocycles. The third-order valence-corrected chi connectivity index (χ3v) is 3.44. The molecule has 1 rings (SSSR count). The van der Waals surface area contributed by atoms with Crippen LogP contribution in [0, 0.1) is 0 Å². The summed E-state index contributed by atoms with van der Waals surface area (Å²) in [5, 5.41) is 2.92. The molecule has 1 aliphatic heterocycles. The standard InChI is InChI=1S/C15H24N2O/c1-5-8-14(6-2)11-16-15(18)12(3)13(4)17-9-7-10-17/h5-6,8,13H,3,7,9-11H2,1-2,4H3,(H,16,18)/b8-5-,14-6+. The summed E-state index contributed by atoms with van der Waals surface area (Å²) in [7, 11) is 0. The molecule has 3 nitrogen and oxygen atoms in total. The van der Waals surface area contributed by atoms with Crippen molar-refractivity contribution in [2.75, 3.05) is 19.6 Å². The number of nitrogens with zero attached hydrogens (tertiary/aromatic N) is 1. The zero-order chi connectivity index (χ0) is 13.5. The SMILES string of the molecule is C=C(C(=O)NCC(/C=C\C)=C/C)C(C)N1CCC1. The summed E-state index contributed by atoms with van der Waals surface area (Å²) in [6, 6.07) is 0.148. The van der Waals surface area contributed by atoms with Crippen LogP contribution in [0.3, 0.4) is 0 Å². The summed E-state index contributed by atoms with van der Waals surface area (Å²) in [6.07, 6.45) is 7.20. The number of amides is 1. The largest absolute Gasteiger partial charge is 0.348 e. The van der Waals surface area contributed by atoms with Crippen molar-refractivity contribution in [3.63, 3.8) is 0 Å². The van der Waals surface area contributed by atoms with Crippen molar-refractivity contribution in [2.45, 2.75) is 33.2 Å². The van der Waals surface area contributed by atoms with Crippen LogP contribution in [-0.2, 0) is 4.79 Å². The van der Waals surface area contributed by atoms with Crippen LogP contribution in [0.25, 0.3) is 0 Å². The highest BCUT2D eigenvalue weighted by atomic mass is 16.1. The molecule has 3 heteroatoms. The van der Waals surface area contributed by atoms with Gasteiger partial charge in [0.25, 0.3) is 0 Å². The van der Waals surface area contributed by atoms with Crippen molar-refractivity contribution < 1.29 is 4.79 Å². The monoisotopic (exact) mass is 248 g/mol. The molecule has 0 bridgehead atoms. The second-order valence-corrected chi connectivity index (χ2v) is 4.64. The van der Waals surface area contributed by atoms with E-state index in [1.807, 2.05) is 39.0 Å². The summed E-state index contributed by atoms with van der Waals surface area (Å²) in [5.41, 5.74) is 1.76. The summed E-state index contributed by atoms with van der Waals surface area (Å²) in [6.45, 7) is 12.6. The van der Waals surface area contributed by atoms with Gasteiger partial charge < -0.3 is 5.32 Å². The molecule has 1 saturated heterocycles. The van der Waals surface area contributed by atoms with Gasteiger partial charge in [0.05, 0.1) is 0 Å². The Morgan fingerprint density at radius 3 is 2.56 bits per heavy atom. The van der Waals surface area contributed by atoms with Gasteiger partial charge in [-0.3, -0.25) is 9.69 Å². The van der Waals surface area contributed by atoms with E-state index < -0.39 is 0 Å². The van der Waals surface area contributed by atoms with E-state index in [1.165, 1.54) is 6.42 Å². The first kappa shape index (κ1) is 14.7. The van der Waals surface area contributed by atoms with Gasteiger partial charge in [-0.1, -0.05) is 24.8 Å². The molecule has 1 N–H and O–H groups in total. The highest BCUT2D eigenvalue weighted by Gasteiger charge is 2.25. The average Bonchev–Trinajstić information content (AvgIpc) is 2.30. The lowest BCUT2D eigenvalue weighted by molar-refractivity contribution is -0.118. The Kier molecular flexibility index (Phi) is 5.86. The van der Waals surface area contributed by atoms with Gasteiger partial charge in [0.1, 0.15) is 0 Å². The van der Waals surface area contributed by atoms with Crippen molar-refractivity contribution in [1.29, 1.82) is 0 Å². The number of nitrogens with one attached hydrogen (secondary N) is 1. The lowest BCUT2D eigenvalue weighted by atomic mass is 10.0. The molecule has 0 aromatic rings. The average molecular weight is 248 g/mol. The Bertz CT molecular complexity index is 365. The van der Waals surface area contributed by atoms with E-state index in [9.17, 15) is 4.79 Å².